The third-order valence-electron chi connectivity index (χ3n) is 1.81. The van der Waals surface area contributed by atoms with E-state index in [1.165, 1.54) is 0 Å². The maximum Gasteiger partial charge on any atom is 0.407 e. The molecule has 0 saturated heterocycles. The average molecular weight is 243 g/mol. The van der Waals surface area contributed by atoms with Crippen LogP contribution < -0.4 is 11.5 Å². The molecule has 84 valence electrons. The Kier molecular flexibility index (Phi) is 3.11. The summed E-state index contributed by atoms with van der Waals surface area (Å²) >= 11 is 5.40. The van der Waals surface area contributed by atoms with Crippen LogP contribution in [0.1, 0.15) is 11.6 Å². The lowest BCUT2D eigenvalue weighted by molar-refractivity contribution is -0.149. The maximum absolute atomic E-state index is 13.0. The number of anilines is 1. The van der Waals surface area contributed by atoms with Crippen molar-refractivity contribution in [1.82, 2.24) is 0 Å². The first kappa shape index (κ1) is 12.1. The number of benzene rings is 1. The number of hydrogen-bond donors (Lipinski definition) is 2. The summed E-state index contributed by atoms with van der Waals surface area (Å²) in [7, 11) is 0. The number of nitrogen functional groups attached to an aromatic ring is 1. The summed E-state index contributed by atoms with van der Waals surface area (Å²) in [6.45, 7) is 0. The second-order valence-corrected chi connectivity index (χ2v) is 3.35. The molecule has 0 aliphatic heterocycles. The number of alkyl halides is 3. The highest BCUT2D eigenvalue weighted by molar-refractivity contribution is 6.30. The standard InChI is InChI=1S/C8H7ClF4N2/c9-3-1-4(6(14)5(10)2-3)7(15)8(11,12)13/h1-2,7H,14-15H2/t7-/m1/s1. The fourth-order valence-corrected chi connectivity index (χ4v) is 1.25. The van der Waals surface area contributed by atoms with E-state index in [0.717, 1.165) is 12.1 Å². The normalized spacial score (nSPS) is 14.0. The molecule has 0 radical (unpaired) electrons. The molecule has 0 fully saturated rings. The lowest BCUT2D eigenvalue weighted by Gasteiger charge is -2.18. The Hall–Kier alpha value is -1.01. The zero-order valence-corrected chi connectivity index (χ0v) is 8.03. The van der Waals surface area contributed by atoms with Crippen LogP contribution in [0.25, 0.3) is 0 Å². The Morgan fingerprint density at radius 1 is 1.27 bits per heavy atom. The van der Waals surface area contributed by atoms with Gasteiger partial charge in [0.1, 0.15) is 11.9 Å². The zero-order valence-electron chi connectivity index (χ0n) is 7.28. The molecule has 1 aromatic rings. The first-order valence-electron chi connectivity index (χ1n) is 3.80. The quantitative estimate of drug-likeness (QED) is 0.588. The fraction of sp³-hybridized carbons (Fsp3) is 0.250. The summed E-state index contributed by atoms with van der Waals surface area (Å²) < 4.78 is 49.7. The second kappa shape index (κ2) is 3.86. The highest BCUT2D eigenvalue weighted by Crippen LogP contribution is 2.35. The third kappa shape index (κ3) is 2.51. The van der Waals surface area contributed by atoms with Crippen LogP contribution in [0.5, 0.6) is 0 Å². The van der Waals surface area contributed by atoms with Crippen LogP contribution in [0.2, 0.25) is 5.02 Å². The topological polar surface area (TPSA) is 52.0 Å². The number of hydrogen-bond acceptors (Lipinski definition) is 2. The Morgan fingerprint density at radius 2 is 1.80 bits per heavy atom. The van der Waals surface area contributed by atoms with E-state index < -0.39 is 29.3 Å². The molecule has 4 N–H and O–H groups in total. The summed E-state index contributed by atoms with van der Waals surface area (Å²) in [4.78, 5) is 0. The third-order valence-corrected chi connectivity index (χ3v) is 2.03. The van der Waals surface area contributed by atoms with Crippen LogP contribution >= 0.6 is 11.6 Å². The summed E-state index contributed by atoms with van der Waals surface area (Å²) in [5.41, 5.74) is 8.82. The highest BCUT2D eigenvalue weighted by Gasteiger charge is 2.39. The second-order valence-electron chi connectivity index (χ2n) is 2.91. The minimum absolute atomic E-state index is 0.184. The summed E-state index contributed by atoms with van der Waals surface area (Å²) in [6.07, 6.45) is -4.69. The molecule has 0 aromatic heterocycles. The van der Waals surface area contributed by atoms with Gasteiger partial charge in [-0.25, -0.2) is 4.39 Å². The van der Waals surface area contributed by atoms with Gasteiger partial charge in [-0.2, -0.15) is 13.2 Å². The Labute approximate surface area is 87.8 Å². The summed E-state index contributed by atoms with van der Waals surface area (Å²) in [6, 6.07) is -0.618. The molecule has 7 heteroatoms. The van der Waals surface area contributed by atoms with Crippen molar-refractivity contribution in [2.24, 2.45) is 5.73 Å². The molecule has 15 heavy (non-hydrogen) atoms. The largest absolute Gasteiger partial charge is 0.407 e. The van der Waals surface area contributed by atoms with Crippen LogP contribution in [-0.2, 0) is 0 Å². The molecular weight excluding hydrogens is 236 g/mol. The minimum Gasteiger partial charge on any atom is -0.396 e. The Bertz CT molecular complexity index is 378. The zero-order chi connectivity index (χ0) is 11.8. The highest BCUT2D eigenvalue weighted by atomic mass is 35.5. The van der Waals surface area contributed by atoms with E-state index in [2.05, 4.69) is 0 Å². The van der Waals surface area contributed by atoms with E-state index in [0.29, 0.717) is 0 Å². The van der Waals surface area contributed by atoms with Gasteiger partial charge in [-0.05, 0) is 12.1 Å². The van der Waals surface area contributed by atoms with E-state index >= 15 is 0 Å². The molecule has 0 bridgehead atoms. The van der Waals surface area contributed by atoms with Gasteiger partial charge < -0.3 is 11.5 Å². The minimum atomic E-state index is -4.69. The van der Waals surface area contributed by atoms with Crippen molar-refractivity contribution in [3.8, 4) is 0 Å². The smallest absolute Gasteiger partial charge is 0.396 e. The van der Waals surface area contributed by atoms with Gasteiger partial charge in [0.25, 0.3) is 0 Å². The maximum atomic E-state index is 13.0. The van der Waals surface area contributed by atoms with Gasteiger partial charge in [0.05, 0.1) is 5.69 Å². The van der Waals surface area contributed by atoms with Crippen LogP contribution in [0.4, 0.5) is 23.2 Å². The molecule has 1 atom stereocenters. The van der Waals surface area contributed by atoms with Crippen molar-refractivity contribution in [3.05, 3.63) is 28.5 Å². The predicted octanol–water partition coefficient (Wildman–Crippen LogP) is 2.62. The molecule has 0 saturated carbocycles. The number of nitrogens with two attached hydrogens (primary N) is 2. The van der Waals surface area contributed by atoms with Gasteiger partial charge in [0.2, 0.25) is 0 Å². The SMILES string of the molecule is Nc1c(F)cc(Cl)cc1[C@@H](N)C(F)(F)F. The lowest BCUT2D eigenvalue weighted by Crippen LogP contribution is -2.29. The summed E-state index contributed by atoms with van der Waals surface area (Å²) in [5, 5.41) is -0.184. The first-order valence-corrected chi connectivity index (χ1v) is 4.18. The monoisotopic (exact) mass is 242 g/mol. The first-order chi connectivity index (χ1) is 6.73. The van der Waals surface area contributed by atoms with Gasteiger partial charge in [-0.15, -0.1) is 0 Å². The van der Waals surface area contributed by atoms with E-state index in [1.807, 2.05) is 0 Å². The van der Waals surface area contributed by atoms with Crippen molar-refractivity contribution >= 4 is 17.3 Å². The molecular formula is C8H7ClF4N2. The van der Waals surface area contributed by atoms with Gasteiger partial charge in [0, 0.05) is 10.6 Å². The van der Waals surface area contributed by atoms with E-state index in [-0.39, 0.29) is 5.02 Å². The number of rotatable bonds is 1. The molecule has 0 aliphatic rings. The van der Waals surface area contributed by atoms with E-state index in [4.69, 9.17) is 23.1 Å². The molecule has 1 rings (SSSR count). The molecule has 2 nitrogen and oxygen atoms in total. The number of halogens is 5. The van der Waals surface area contributed by atoms with Gasteiger partial charge in [-0.3, -0.25) is 0 Å². The van der Waals surface area contributed by atoms with Crippen molar-refractivity contribution in [1.29, 1.82) is 0 Å². The van der Waals surface area contributed by atoms with Gasteiger partial charge in [0.15, 0.2) is 0 Å². The average Bonchev–Trinajstić information content (AvgIpc) is 2.08. The van der Waals surface area contributed by atoms with Crippen molar-refractivity contribution in [3.63, 3.8) is 0 Å². The van der Waals surface area contributed by atoms with Gasteiger partial charge in [-0.1, -0.05) is 11.6 Å². The van der Waals surface area contributed by atoms with Crippen molar-refractivity contribution in [2.75, 3.05) is 5.73 Å². The molecule has 0 amide bonds. The van der Waals surface area contributed by atoms with Gasteiger partial charge >= 0.3 is 6.18 Å². The molecule has 0 heterocycles. The molecule has 0 unspecified atom stereocenters. The fourth-order valence-electron chi connectivity index (χ4n) is 1.04. The lowest BCUT2D eigenvalue weighted by atomic mass is 10.0. The summed E-state index contributed by atoms with van der Waals surface area (Å²) in [5.74, 6) is -1.02. The Morgan fingerprint density at radius 3 is 2.27 bits per heavy atom. The van der Waals surface area contributed by atoms with E-state index in [1.54, 1.807) is 0 Å². The van der Waals surface area contributed by atoms with Crippen LogP contribution in [0.15, 0.2) is 12.1 Å². The predicted molar refractivity (Wildman–Crippen MR) is 48.8 cm³/mol. The van der Waals surface area contributed by atoms with E-state index in [9.17, 15) is 17.6 Å². The van der Waals surface area contributed by atoms with Crippen LogP contribution in [0.3, 0.4) is 0 Å². The van der Waals surface area contributed by atoms with Crippen LogP contribution in [-0.4, -0.2) is 6.18 Å². The van der Waals surface area contributed by atoms with Crippen LogP contribution in [0, 0.1) is 5.82 Å². The Balaban J connectivity index is 3.25. The molecule has 1 aromatic carbocycles. The van der Waals surface area contributed by atoms with Crippen molar-refractivity contribution < 1.29 is 17.6 Å². The molecule has 0 aliphatic carbocycles. The molecule has 0 spiro atoms. The van der Waals surface area contributed by atoms with Crippen molar-refractivity contribution in [2.45, 2.75) is 12.2 Å².